The molecule has 4 heteroatoms. The van der Waals surface area contributed by atoms with Gasteiger partial charge < -0.3 is 9.88 Å². The number of halogens is 1. The third-order valence-corrected chi connectivity index (χ3v) is 4.42. The maximum Gasteiger partial charge on any atom is 0.113 e. The molecule has 2 atom stereocenters. The monoisotopic (exact) mass is 291 g/mol. The first-order valence-electron chi connectivity index (χ1n) is 7.47. The maximum atomic E-state index is 6.16. The minimum Gasteiger partial charge on any atom is -0.325 e. The van der Waals surface area contributed by atoms with Crippen molar-refractivity contribution in [1.29, 1.82) is 0 Å². The van der Waals surface area contributed by atoms with Crippen LogP contribution in [0.25, 0.3) is 11.0 Å². The molecule has 0 saturated carbocycles. The SMILES string of the molecule is CC1CC(c2nc3ccc(Cl)cc3n2C(C)C)CCN1. The molecule has 1 aliphatic heterocycles. The molecule has 3 rings (SSSR count). The lowest BCUT2D eigenvalue weighted by molar-refractivity contribution is 0.360. The van der Waals surface area contributed by atoms with Gasteiger partial charge in [-0.2, -0.15) is 0 Å². The van der Waals surface area contributed by atoms with Crippen LogP contribution in [0.15, 0.2) is 18.2 Å². The standard InChI is InChI=1S/C16H22ClN3/c1-10(2)20-15-9-13(17)4-5-14(15)19-16(20)12-6-7-18-11(3)8-12/h4-5,9-12,18H,6-8H2,1-3H3. The average Bonchev–Trinajstić information content (AvgIpc) is 2.77. The van der Waals surface area contributed by atoms with Crippen molar-refractivity contribution in [1.82, 2.24) is 14.9 Å². The van der Waals surface area contributed by atoms with E-state index in [1.807, 2.05) is 18.2 Å². The van der Waals surface area contributed by atoms with E-state index in [0.717, 1.165) is 35.4 Å². The van der Waals surface area contributed by atoms with Crippen molar-refractivity contribution in [3.63, 3.8) is 0 Å². The van der Waals surface area contributed by atoms with Crippen molar-refractivity contribution in [2.45, 2.75) is 51.6 Å². The second-order valence-corrected chi connectivity index (χ2v) is 6.58. The predicted molar refractivity (Wildman–Crippen MR) is 84.6 cm³/mol. The summed E-state index contributed by atoms with van der Waals surface area (Å²) in [7, 11) is 0. The zero-order chi connectivity index (χ0) is 14.3. The summed E-state index contributed by atoms with van der Waals surface area (Å²) >= 11 is 6.16. The first-order valence-corrected chi connectivity index (χ1v) is 7.85. The fourth-order valence-electron chi connectivity index (χ4n) is 3.28. The fraction of sp³-hybridized carbons (Fsp3) is 0.562. The first-order chi connectivity index (χ1) is 9.56. The second kappa shape index (κ2) is 5.38. The van der Waals surface area contributed by atoms with Gasteiger partial charge in [0.25, 0.3) is 0 Å². The van der Waals surface area contributed by atoms with E-state index in [2.05, 4.69) is 30.7 Å². The van der Waals surface area contributed by atoms with Crippen LogP contribution in [0, 0.1) is 0 Å². The van der Waals surface area contributed by atoms with Gasteiger partial charge >= 0.3 is 0 Å². The summed E-state index contributed by atoms with van der Waals surface area (Å²) in [6.45, 7) is 7.77. The highest BCUT2D eigenvalue weighted by Gasteiger charge is 2.26. The normalized spacial score (nSPS) is 23.6. The summed E-state index contributed by atoms with van der Waals surface area (Å²) in [5, 5.41) is 4.30. The number of piperidine rings is 1. The van der Waals surface area contributed by atoms with Gasteiger partial charge in [0.1, 0.15) is 5.82 Å². The molecule has 0 aliphatic carbocycles. The highest BCUT2D eigenvalue weighted by atomic mass is 35.5. The molecule has 0 spiro atoms. The quantitative estimate of drug-likeness (QED) is 0.902. The number of fused-ring (bicyclic) bond motifs is 1. The third-order valence-electron chi connectivity index (χ3n) is 4.18. The van der Waals surface area contributed by atoms with E-state index in [-0.39, 0.29) is 0 Å². The lowest BCUT2D eigenvalue weighted by Gasteiger charge is -2.29. The Morgan fingerprint density at radius 3 is 2.90 bits per heavy atom. The molecule has 2 aromatic rings. The molecule has 1 aromatic heterocycles. The summed E-state index contributed by atoms with van der Waals surface area (Å²) in [6, 6.07) is 6.97. The van der Waals surface area contributed by atoms with Crippen LogP contribution >= 0.6 is 11.6 Å². The van der Waals surface area contributed by atoms with Gasteiger partial charge in [-0.15, -0.1) is 0 Å². The predicted octanol–water partition coefficient (Wildman–Crippen LogP) is 4.13. The topological polar surface area (TPSA) is 29.9 Å². The van der Waals surface area contributed by atoms with E-state index in [9.17, 15) is 0 Å². The Labute approximate surface area is 125 Å². The van der Waals surface area contributed by atoms with Crippen molar-refractivity contribution in [2.24, 2.45) is 0 Å². The van der Waals surface area contributed by atoms with Gasteiger partial charge in [0.2, 0.25) is 0 Å². The minimum absolute atomic E-state index is 0.402. The summed E-state index contributed by atoms with van der Waals surface area (Å²) < 4.78 is 2.37. The zero-order valence-electron chi connectivity index (χ0n) is 12.4. The van der Waals surface area contributed by atoms with Crippen LogP contribution in [0.1, 0.15) is 51.4 Å². The number of aromatic nitrogens is 2. The zero-order valence-corrected chi connectivity index (χ0v) is 13.1. The Morgan fingerprint density at radius 1 is 1.40 bits per heavy atom. The average molecular weight is 292 g/mol. The molecule has 1 saturated heterocycles. The molecule has 2 heterocycles. The van der Waals surface area contributed by atoms with Crippen LogP contribution in [0.4, 0.5) is 0 Å². The van der Waals surface area contributed by atoms with E-state index in [1.165, 1.54) is 5.82 Å². The summed E-state index contributed by atoms with van der Waals surface area (Å²) in [5.41, 5.74) is 2.22. The molecule has 108 valence electrons. The summed E-state index contributed by atoms with van der Waals surface area (Å²) in [6.07, 6.45) is 2.32. The number of rotatable bonds is 2. The van der Waals surface area contributed by atoms with Crippen molar-refractivity contribution >= 4 is 22.6 Å². The summed E-state index contributed by atoms with van der Waals surface area (Å²) in [4.78, 5) is 4.91. The van der Waals surface area contributed by atoms with Gasteiger partial charge in [-0.05, 0) is 58.4 Å². The van der Waals surface area contributed by atoms with E-state index >= 15 is 0 Å². The van der Waals surface area contributed by atoms with Crippen LogP contribution < -0.4 is 5.32 Å². The molecule has 0 radical (unpaired) electrons. The van der Waals surface area contributed by atoms with Gasteiger partial charge in [-0.25, -0.2) is 4.98 Å². The van der Waals surface area contributed by atoms with Crippen molar-refractivity contribution < 1.29 is 0 Å². The van der Waals surface area contributed by atoms with Crippen LogP contribution in [-0.2, 0) is 0 Å². The lowest BCUT2D eigenvalue weighted by Crippen LogP contribution is -2.35. The van der Waals surface area contributed by atoms with Crippen molar-refractivity contribution in [3.05, 3.63) is 29.0 Å². The molecular weight excluding hydrogens is 270 g/mol. The molecule has 3 nitrogen and oxygen atoms in total. The molecule has 1 aliphatic rings. The Balaban J connectivity index is 2.11. The molecule has 20 heavy (non-hydrogen) atoms. The molecule has 1 aromatic carbocycles. The van der Waals surface area contributed by atoms with E-state index in [1.54, 1.807) is 0 Å². The number of hydrogen-bond acceptors (Lipinski definition) is 2. The maximum absolute atomic E-state index is 6.16. The second-order valence-electron chi connectivity index (χ2n) is 6.14. The first kappa shape index (κ1) is 13.9. The van der Waals surface area contributed by atoms with E-state index < -0.39 is 0 Å². The van der Waals surface area contributed by atoms with E-state index in [0.29, 0.717) is 18.0 Å². The highest BCUT2D eigenvalue weighted by molar-refractivity contribution is 6.31. The molecule has 2 unspecified atom stereocenters. The fourth-order valence-corrected chi connectivity index (χ4v) is 3.45. The third kappa shape index (κ3) is 2.45. The smallest absolute Gasteiger partial charge is 0.113 e. The van der Waals surface area contributed by atoms with Gasteiger partial charge in [0.15, 0.2) is 0 Å². The van der Waals surface area contributed by atoms with Gasteiger partial charge in [-0.1, -0.05) is 11.6 Å². The molecule has 1 N–H and O–H groups in total. The van der Waals surface area contributed by atoms with Crippen LogP contribution in [0.3, 0.4) is 0 Å². The number of benzene rings is 1. The van der Waals surface area contributed by atoms with Gasteiger partial charge in [-0.3, -0.25) is 0 Å². The Kier molecular flexibility index (Phi) is 3.74. The highest BCUT2D eigenvalue weighted by Crippen LogP contribution is 2.33. The van der Waals surface area contributed by atoms with Crippen LogP contribution in [-0.4, -0.2) is 22.1 Å². The van der Waals surface area contributed by atoms with Crippen LogP contribution in [0.5, 0.6) is 0 Å². The molecule has 0 bridgehead atoms. The minimum atomic E-state index is 0.402. The Bertz CT molecular complexity index is 617. The Morgan fingerprint density at radius 2 is 2.20 bits per heavy atom. The number of hydrogen-bond donors (Lipinski definition) is 1. The number of nitrogens with zero attached hydrogens (tertiary/aromatic N) is 2. The van der Waals surface area contributed by atoms with E-state index in [4.69, 9.17) is 16.6 Å². The molecular formula is C16H22ClN3. The van der Waals surface area contributed by atoms with Gasteiger partial charge in [0.05, 0.1) is 11.0 Å². The summed E-state index contributed by atoms with van der Waals surface area (Å²) in [5.74, 6) is 1.77. The van der Waals surface area contributed by atoms with Gasteiger partial charge in [0, 0.05) is 23.0 Å². The van der Waals surface area contributed by atoms with Crippen LogP contribution in [0.2, 0.25) is 5.02 Å². The largest absolute Gasteiger partial charge is 0.325 e. The number of nitrogens with one attached hydrogen (secondary N) is 1. The number of imidazole rings is 1. The molecule has 1 fully saturated rings. The Hall–Kier alpha value is -1.06. The van der Waals surface area contributed by atoms with Crippen molar-refractivity contribution in [3.8, 4) is 0 Å². The molecule has 0 amide bonds. The van der Waals surface area contributed by atoms with Crippen molar-refractivity contribution in [2.75, 3.05) is 6.54 Å². The lowest BCUT2D eigenvalue weighted by atomic mass is 9.92.